The van der Waals surface area contributed by atoms with Crippen LogP contribution in [0.15, 0.2) is 0 Å². The fourth-order valence-corrected chi connectivity index (χ4v) is 1.46. The lowest BCUT2D eigenvalue weighted by Crippen LogP contribution is -2.24. The summed E-state index contributed by atoms with van der Waals surface area (Å²) in [7, 11) is -4.33. The standard InChI is InChI=1S/C7H17O5P/c1-5(2)11-7(12-6(3)4)13(8,9)10/h5-7H,1-4H3,(H2,8,9,10). The highest BCUT2D eigenvalue weighted by Crippen LogP contribution is 2.43. The van der Waals surface area contributed by atoms with E-state index in [4.69, 9.17) is 19.3 Å². The molecule has 0 heterocycles. The van der Waals surface area contributed by atoms with E-state index in [-0.39, 0.29) is 12.2 Å². The highest BCUT2D eigenvalue weighted by molar-refractivity contribution is 7.52. The van der Waals surface area contributed by atoms with Crippen LogP contribution >= 0.6 is 7.60 Å². The Hall–Kier alpha value is 0.0700. The lowest BCUT2D eigenvalue weighted by atomic mass is 10.5. The van der Waals surface area contributed by atoms with Gasteiger partial charge in [-0.15, -0.1) is 0 Å². The Kier molecular flexibility index (Phi) is 5.10. The summed E-state index contributed by atoms with van der Waals surface area (Å²) >= 11 is 0. The van der Waals surface area contributed by atoms with E-state index >= 15 is 0 Å². The van der Waals surface area contributed by atoms with Crippen molar-refractivity contribution in [3.63, 3.8) is 0 Å². The molecule has 5 nitrogen and oxygen atoms in total. The van der Waals surface area contributed by atoms with Crippen molar-refractivity contribution in [2.24, 2.45) is 0 Å². The highest BCUT2D eigenvalue weighted by atomic mass is 31.2. The van der Waals surface area contributed by atoms with E-state index in [2.05, 4.69) is 0 Å². The summed E-state index contributed by atoms with van der Waals surface area (Å²) in [6.07, 6.45) is -0.562. The van der Waals surface area contributed by atoms with Crippen LogP contribution in [0, 0.1) is 0 Å². The van der Waals surface area contributed by atoms with Crippen LogP contribution in [-0.2, 0) is 14.0 Å². The van der Waals surface area contributed by atoms with Crippen molar-refractivity contribution in [2.45, 2.75) is 45.9 Å². The van der Waals surface area contributed by atoms with Gasteiger partial charge < -0.3 is 19.3 Å². The Labute approximate surface area is 78.2 Å². The molecule has 0 saturated carbocycles. The molecule has 0 aromatic heterocycles. The molecule has 13 heavy (non-hydrogen) atoms. The fourth-order valence-electron chi connectivity index (χ4n) is 0.656. The second kappa shape index (κ2) is 5.08. The maximum absolute atomic E-state index is 10.8. The lowest BCUT2D eigenvalue weighted by Gasteiger charge is -2.23. The zero-order valence-electron chi connectivity index (χ0n) is 8.30. The summed E-state index contributed by atoms with van der Waals surface area (Å²) < 4.78 is 20.7. The molecule has 2 N–H and O–H groups in total. The molecule has 0 saturated heterocycles. The van der Waals surface area contributed by atoms with Crippen LogP contribution in [-0.4, -0.2) is 28.0 Å². The van der Waals surface area contributed by atoms with Crippen LogP contribution in [0.1, 0.15) is 27.7 Å². The summed E-state index contributed by atoms with van der Waals surface area (Å²) in [6, 6.07) is -1.45. The van der Waals surface area contributed by atoms with Gasteiger partial charge in [0, 0.05) is 0 Å². The Balaban J connectivity index is 4.29. The van der Waals surface area contributed by atoms with Crippen LogP contribution < -0.4 is 0 Å². The van der Waals surface area contributed by atoms with Gasteiger partial charge in [-0.05, 0) is 27.7 Å². The molecule has 0 unspecified atom stereocenters. The van der Waals surface area contributed by atoms with Gasteiger partial charge in [-0.3, -0.25) is 4.57 Å². The molecular weight excluding hydrogens is 195 g/mol. The van der Waals surface area contributed by atoms with Crippen molar-refractivity contribution in [1.82, 2.24) is 0 Å². The van der Waals surface area contributed by atoms with Crippen molar-refractivity contribution in [3.05, 3.63) is 0 Å². The molecular formula is C7H17O5P. The summed E-state index contributed by atoms with van der Waals surface area (Å²) in [4.78, 5) is 17.7. The van der Waals surface area contributed by atoms with Gasteiger partial charge in [0.15, 0.2) is 0 Å². The van der Waals surface area contributed by atoms with E-state index in [1.54, 1.807) is 27.7 Å². The molecule has 6 heteroatoms. The third-order valence-corrected chi connectivity index (χ3v) is 1.84. The lowest BCUT2D eigenvalue weighted by molar-refractivity contribution is -0.142. The third kappa shape index (κ3) is 6.18. The molecule has 0 aromatic carbocycles. The number of ether oxygens (including phenoxy) is 2. The van der Waals surface area contributed by atoms with Gasteiger partial charge in [-0.25, -0.2) is 0 Å². The zero-order valence-corrected chi connectivity index (χ0v) is 9.19. The average Bonchev–Trinajstić information content (AvgIpc) is 1.81. The van der Waals surface area contributed by atoms with E-state index in [9.17, 15) is 4.57 Å². The van der Waals surface area contributed by atoms with Crippen LogP contribution in [0.3, 0.4) is 0 Å². The van der Waals surface area contributed by atoms with E-state index in [0.717, 1.165) is 0 Å². The molecule has 0 rings (SSSR count). The minimum Gasteiger partial charge on any atom is -0.340 e. The number of hydrogen-bond acceptors (Lipinski definition) is 3. The Bertz CT molecular complexity index is 175. The Morgan fingerprint density at radius 2 is 1.31 bits per heavy atom. The number of hydrogen-bond donors (Lipinski definition) is 2. The van der Waals surface area contributed by atoms with Crippen molar-refractivity contribution in [1.29, 1.82) is 0 Å². The normalized spacial score (nSPS) is 13.3. The first-order valence-corrected chi connectivity index (χ1v) is 5.77. The van der Waals surface area contributed by atoms with Gasteiger partial charge in [-0.1, -0.05) is 0 Å². The first-order chi connectivity index (χ1) is 5.73. The van der Waals surface area contributed by atoms with Gasteiger partial charge in [0.2, 0.25) is 0 Å². The molecule has 0 atom stereocenters. The third-order valence-electron chi connectivity index (χ3n) is 1.05. The maximum atomic E-state index is 10.8. The first kappa shape index (κ1) is 13.1. The average molecular weight is 212 g/mol. The monoisotopic (exact) mass is 212 g/mol. The minimum absolute atomic E-state index is 0.281. The quantitative estimate of drug-likeness (QED) is 0.530. The second-order valence-electron chi connectivity index (χ2n) is 3.27. The van der Waals surface area contributed by atoms with Crippen LogP contribution in [0.4, 0.5) is 0 Å². The molecule has 0 aliphatic rings. The summed E-state index contributed by atoms with van der Waals surface area (Å²) in [5.41, 5.74) is 0. The predicted molar refractivity (Wildman–Crippen MR) is 48.3 cm³/mol. The summed E-state index contributed by atoms with van der Waals surface area (Å²) in [5.74, 6) is 0. The molecule has 0 fully saturated rings. The van der Waals surface area contributed by atoms with Crippen molar-refractivity contribution < 1.29 is 23.8 Å². The topological polar surface area (TPSA) is 76.0 Å². The molecule has 0 bridgehead atoms. The zero-order chi connectivity index (χ0) is 10.6. The van der Waals surface area contributed by atoms with Gasteiger partial charge in [-0.2, -0.15) is 0 Å². The van der Waals surface area contributed by atoms with Gasteiger partial charge in [0.1, 0.15) is 0 Å². The summed E-state index contributed by atoms with van der Waals surface area (Å²) in [6.45, 7) is 6.75. The van der Waals surface area contributed by atoms with Crippen LogP contribution in [0.2, 0.25) is 0 Å². The van der Waals surface area contributed by atoms with Gasteiger partial charge in [0.25, 0.3) is 6.03 Å². The molecule has 80 valence electrons. The summed E-state index contributed by atoms with van der Waals surface area (Å²) in [5, 5.41) is 0. The van der Waals surface area contributed by atoms with E-state index in [1.807, 2.05) is 0 Å². The SMILES string of the molecule is CC(C)OC(OC(C)C)P(=O)(O)O. The molecule has 0 aromatic rings. The Morgan fingerprint density at radius 1 is 1.00 bits per heavy atom. The largest absolute Gasteiger partial charge is 0.381 e. The molecule has 0 radical (unpaired) electrons. The maximum Gasteiger partial charge on any atom is 0.381 e. The second-order valence-corrected chi connectivity index (χ2v) is 4.87. The Morgan fingerprint density at radius 3 is 1.46 bits per heavy atom. The van der Waals surface area contributed by atoms with Crippen molar-refractivity contribution in [3.8, 4) is 0 Å². The predicted octanol–water partition coefficient (Wildman–Crippen LogP) is 1.30. The smallest absolute Gasteiger partial charge is 0.340 e. The molecule has 0 amide bonds. The van der Waals surface area contributed by atoms with E-state index < -0.39 is 13.6 Å². The van der Waals surface area contributed by atoms with Crippen LogP contribution in [0.5, 0.6) is 0 Å². The van der Waals surface area contributed by atoms with E-state index in [0.29, 0.717) is 0 Å². The first-order valence-electron chi connectivity index (χ1n) is 4.09. The highest BCUT2D eigenvalue weighted by Gasteiger charge is 2.32. The van der Waals surface area contributed by atoms with Gasteiger partial charge in [0.05, 0.1) is 12.2 Å². The molecule has 0 spiro atoms. The van der Waals surface area contributed by atoms with Crippen LogP contribution in [0.25, 0.3) is 0 Å². The minimum atomic E-state index is -4.33. The van der Waals surface area contributed by atoms with Crippen molar-refractivity contribution >= 4 is 7.60 Å². The van der Waals surface area contributed by atoms with E-state index in [1.165, 1.54) is 0 Å². The molecule has 0 aliphatic heterocycles. The fraction of sp³-hybridized carbons (Fsp3) is 1.00. The molecule has 0 aliphatic carbocycles. The van der Waals surface area contributed by atoms with Crippen molar-refractivity contribution in [2.75, 3.05) is 0 Å². The van der Waals surface area contributed by atoms with Gasteiger partial charge >= 0.3 is 7.60 Å². The number of rotatable bonds is 5.